The summed E-state index contributed by atoms with van der Waals surface area (Å²) >= 11 is 5.92. The van der Waals surface area contributed by atoms with Crippen LogP contribution in [0.1, 0.15) is 22.8 Å². The van der Waals surface area contributed by atoms with Crippen LogP contribution >= 0.6 is 11.6 Å². The standard InChI is InChI=1S/C27H28ClN3O4S/c1-34-25-4-2-3-23(17-25)27(35-20-22-7-5-21(18-29)6-8-22)19-30-13-15-31(16-14-30)36(32,33)26-11-9-24(28)10-12-26/h2-12,17,27H,13-16,19-20H2,1H3/t27-/m1/s1. The van der Waals surface area contributed by atoms with E-state index in [1.807, 2.05) is 36.4 Å². The highest BCUT2D eigenvalue weighted by Crippen LogP contribution is 2.26. The Morgan fingerprint density at radius 2 is 1.69 bits per heavy atom. The summed E-state index contributed by atoms with van der Waals surface area (Å²) in [5.74, 6) is 0.748. The number of ether oxygens (including phenoxy) is 2. The normalized spacial score (nSPS) is 15.8. The average Bonchev–Trinajstić information content (AvgIpc) is 2.92. The van der Waals surface area contributed by atoms with Crippen molar-refractivity contribution in [3.63, 3.8) is 0 Å². The van der Waals surface area contributed by atoms with Gasteiger partial charge in [-0.3, -0.25) is 4.90 Å². The molecule has 0 spiro atoms. The maximum absolute atomic E-state index is 13.0. The Balaban J connectivity index is 1.43. The van der Waals surface area contributed by atoms with Crippen LogP contribution in [0.3, 0.4) is 0 Å². The van der Waals surface area contributed by atoms with E-state index in [2.05, 4.69) is 11.0 Å². The maximum Gasteiger partial charge on any atom is 0.243 e. The second kappa shape index (κ2) is 11.9. The fourth-order valence-corrected chi connectivity index (χ4v) is 5.66. The van der Waals surface area contributed by atoms with Gasteiger partial charge < -0.3 is 9.47 Å². The zero-order chi connectivity index (χ0) is 25.5. The van der Waals surface area contributed by atoms with E-state index >= 15 is 0 Å². The van der Waals surface area contributed by atoms with Crippen molar-refractivity contribution in [1.29, 1.82) is 5.26 Å². The van der Waals surface area contributed by atoms with Crippen molar-refractivity contribution < 1.29 is 17.9 Å². The molecule has 0 N–H and O–H groups in total. The lowest BCUT2D eigenvalue weighted by atomic mass is 10.1. The first-order chi connectivity index (χ1) is 17.4. The second-order valence-electron chi connectivity index (χ2n) is 8.54. The fourth-order valence-electron chi connectivity index (χ4n) is 4.11. The third-order valence-electron chi connectivity index (χ3n) is 6.21. The van der Waals surface area contributed by atoms with Crippen molar-refractivity contribution in [1.82, 2.24) is 9.21 Å². The molecule has 1 heterocycles. The molecule has 9 heteroatoms. The largest absolute Gasteiger partial charge is 0.497 e. The van der Waals surface area contributed by atoms with Gasteiger partial charge in [0.15, 0.2) is 0 Å². The molecule has 0 amide bonds. The van der Waals surface area contributed by atoms with E-state index in [4.69, 9.17) is 26.3 Å². The van der Waals surface area contributed by atoms with Gasteiger partial charge in [0.2, 0.25) is 10.0 Å². The summed E-state index contributed by atoms with van der Waals surface area (Å²) in [5, 5.41) is 9.53. The van der Waals surface area contributed by atoms with E-state index in [1.165, 1.54) is 4.31 Å². The monoisotopic (exact) mass is 525 g/mol. The predicted octanol–water partition coefficient (Wildman–Crippen LogP) is 4.48. The van der Waals surface area contributed by atoms with Crippen LogP contribution in [0.15, 0.2) is 77.7 Å². The van der Waals surface area contributed by atoms with Gasteiger partial charge in [0.05, 0.1) is 36.3 Å². The molecule has 0 radical (unpaired) electrons. The Hall–Kier alpha value is -2.93. The Morgan fingerprint density at radius 1 is 1.00 bits per heavy atom. The van der Waals surface area contributed by atoms with Crippen molar-refractivity contribution in [2.45, 2.75) is 17.6 Å². The number of hydrogen-bond acceptors (Lipinski definition) is 6. The molecule has 0 aliphatic carbocycles. The smallest absolute Gasteiger partial charge is 0.243 e. The molecule has 1 aliphatic heterocycles. The van der Waals surface area contributed by atoms with E-state index in [0.717, 1.165) is 16.9 Å². The van der Waals surface area contributed by atoms with Crippen LogP contribution < -0.4 is 4.74 Å². The van der Waals surface area contributed by atoms with Crippen LogP contribution in [0, 0.1) is 11.3 Å². The number of methoxy groups -OCH3 is 1. The summed E-state index contributed by atoms with van der Waals surface area (Å²) in [7, 11) is -1.94. The molecule has 1 fully saturated rings. The molecule has 0 unspecified atom stereocenters. The molecule has 1 aliphatic rings. The molecular formula is C27H28ClN3O4S. The first kappa shape index (κ1) is 26.1. The summed E-state index contributed by atoms with van der Waals surface area (Å²) in [6.07, 6.45) is -0.241. The van der Waals surface area contributed by atoms with Gasteiger partial charge >= 0.3 is 0 Å². The first-order valence-electron chi connectivity index (χ1n) is 11.6. The number of halogens is 1. The highest BCUT2D eigenvalue weighted by Gasteiger charge is 2.29. The van der Waals surface area contributed by atoms with Gasteiger partial charge in [-0.05, 0) is 59.7 Å². The minimum Gasteiger partial charge on any atom is -0.497 e. The van der Waals surface area contributed by atoms with Crippen molar-refractivity contribution in [3.05, 3.63) is 94.5 Å². The van der Waals surface area contributed by atoms with Crippen molar-refractivity contribution in [2.24, 2.45) is 0 Å². The molecule has 3 aromatic rings. The molecule has 4 rings (SSSR count). The molecular weight excluding hydrogens is 498 g/mol. The Morgan fingerprint density at radius 3 is 2.33 bits per heavy atom. The highest BCUT2D eigenvalue weighted by molar-refractivity contribution is 7.89. The second-order valence-corrected chi connectivity index (χ2v) is 10.9. The number of piperazine rings is 1. The third kappa shape index (κ3) is 6.44. The topological polar surface area (TPSA) is 82.9 Å². The summed E-state index contributed by atoms with van der Waals surface area (Å²) < 4.78 is 39.3. The van der Waals surface area contributed by atoms with Crippen LogP contribution in [-0.4, -0.2) is 57.5 Å². The van der Waals surface area contributed by atoms with E-state index in [-0.39, 0.29) is 11.0 Å². The van der Waals surface area contributed by atoms with Gasteiger partial charge in [0, 0.05) is 37.7 Å². The van der Waals surface area contributed by atoms with Crippen LogP contribution in [0.25, 0.3) is 0 Å². The van der Waals surface area contributed by atoms with Crippen molar-refractivity contribution in [2.75, 3.05) is 39.8 Å². The summed E-state index contributed by atoms with van der Waals surface area (Å²) in [4.78, 5) is 2.47. The molecule has 36 heavy (non-hydrogen) atoms. The lowest BCUT2D eigenvalue weighted by molar-refractivity contribution is 0.00763. The highest BCUT2D eigenvalue weighted by atomic mass is 35.5. The first-order valence-corrected chi connectivity index (χ1v) is 13.4. The molecule has 0 aromatic heterocycles. The number of rotatable bonds is 9. The number of nitrogens with zero attached hydrogens (tertiary/aromatic N) is 3. The van der Waals surface area contributed by atoms with Gasteiger partial charge in [-0.25, -0.2) is 8.42 Å². The fraction of sp³-hybridized carbons (Fsp3) is 0.296. The van der Waals surface area contributed by atoms with Crippen LogP contribution in [0.4, 0.5) is 0 Å². The molecule has 188 valence electrons. The van der Waals surface area contributed by atoms with Crippen LogP contribution in [0.2, 0.25) is 5.02 Å². The third-order valence-corrected chi connectivity index (χ3v) is 8.37. The molecule has 0 bridgehead atoms. The van der Waals surface area contributed by atoms with E-state index in [1.54, 1.807) is 43.5 Å². The van der Waals surface area contributed by atoms with Gasteiger partial charge in [0.25, 0.3) is 0 Å². The molecule has 3 aromatic carbocycles. The Bertz CT molecular complexity index is 1300. The SMILES string of the molecule is COc1cccc([C@@H](CN2CCN(S(=O)(=O)c3ccc(Cl)cc3)CC2)OCc2ccc(C#N)cc2)c1. The number of benzene rings is 3. The molecule has 0 saturated carbocycles. The molecule has 1 atom stereocenters. The number of sulfonamides is 1. The van der Waals surface area contributed by atoms with E-state index in [9.17, 15) is 8.42 Å². The minimum atomic E-state index is -3.57. The minimum absolute atomic E-state index is 0.241. The Labute approximate surface area is 217 Å². The lowest BCUT2D eigenvalue weighted by Gasteiger charge is -2.36. The van der Waals surface area contributed by atoms with Gasteiger partial charge in [-0.1, -0.05) is 35.9 Å². The maximum atomic E-state index is 13.0. The van der Waals surface area contributed by atoms with Crippen molar-refractivity contribution >= 4 is 21.6 Å². The van der Waals surface area contributed by atoms with Gasteiger partial charge in [-0.2, -0.15) is 9.57 Å². The lowest BCUT2D eigenvalue weighted by Crippen LogP contribution is -2.49. The summed E-state index contributed by atoms with van der Waals surface area (Å²) in [6, 6.07) is 23.5. The number of hydrogen-bond donors (Lipinski definition) is 0. The Kier molecular flexibility index (Phi) is 8.62. The van der Waals surface area contributed by atoms with Gasteiger partial charge in [-0.15, -0.1) is 0 Å². The van der Waals surface area contributed by atoms with Crippen LogP contribution in [-0.2, 0) is 21.4 Å². The quantitative estimate of drug-likeness (QED) is 0.409. The van der Waals surface area contributed by atoms with Crippen molar-refractivity contribution in [3.8, 4) is 11.8 Å². The summed E-state index contributed by atoms with van der Waals surface area (Å²) in [5.41, 5.74) is 2.56. The van der Waals surface area contributed by atoms with Gasteiger partial charge in [0.1, 0.15) is 5.75 Å². The van der Waals surface area contributed by atoms with E-state index in [0.29, 0.717) is 49.9 Å². The average molecular weight is 526 g/mol. The number of nitriles is 1. The zero-order valence-corrected chi connectivity index (χ0v) is 21.6. The van der Waals surface area contributed by atoms with E-state index < -0.39 is 10.0 Å². The molecule has 7 nitrogen and oxygen atoms in total. The summed E-state index contributed by atoms with van der Waals surface area (Å²) in [6.45, 7) is 2.97. The van der Waals surface area contributed by atoms with Crippen LogP contribution in [0.5, 0.6) is 5.75 Å². The predicted molar refractivity (Wildman–Crippen MR) is 138 cm³/mol. The zero-order valence-electron chi connectivity index (χ0n) is 20.0. The molecule has 1 saturated heterocycles.